The molecular formula is C32H33N3O8. The second-order valence-corrected chi connectivity index (χ2v) is 9.77. The number of hydrogen-bond donors (Lipinski definition) is 1. The first kappa shape index (κ1) is 29.5. The Morgan fingerprint density at radius 1 is 0.884 bits per heavy atom. The summed E-state index contributed by atoms with van der Waals surface area (Å²) in [6.45, 7) is 0.966. The van der Waals surface area contributed by atoms with Gasteiger partial charge in [-0.05, 0) is 34.7 Å². The summed E-state index contributed by atoms with van der Waals surface area (Å²) in [7, 11) is 5.73. The Morgan fingerprint density at radius 3 is 2.16 bits per heavy atom. The van der Waals surface area contributed by atoms with Crippen LogP contribution in [-0.2, 0) is 20.9 Å². The SMILES string of the molecule is COC(=O)c1c(-c2cc(OC)c(OC)c(OC)c2)c2ccccc2c(=O)n1N1CCNCC1C(=O)OCc1ccccc1. The molecule has 0 aliphatic carbocycles. The van der Waals surface area contributed by atoms with Gasteiger partial charge in [-0.3, -0.25) is 9.80 Å². The molecule has 0 radical (unpaired) electrons. The average molecular weight is 588 g/mol. The molecule has 0 saturated carbocycles. The molecule has 1 aliphatic heterocycles. The number of pyridine rings is 1. The van der Waals surface area contributed by atoms with Gasteiger partial charge in [0.2, 0.25) is 5.75 Å². The Morgan fingerprint density at radius 2 is 1.53 bits per heavy atom. The van der Waals surface area contributed by atoms with Crippen molar-refractivity contribution in [2.24, 2.45) is 0 Å². The molecule has 1 aliphatic rings. The molecule has 1 N–H and O–H groups in total. The Labute approximate surface area is 248 Å². The topological polar surface area (TPSA) is 118 Å². The van der Waals surface area contributed by atoms with Crippen LogP contribution < -0.4 is 30.1 Å². The zero-order chi connectivity index (χ0) is 30.5. The van der Waals surface area contributed by atoms with Gasteiger partial charge in [-0.1, -0.05) is 48.5 Å². The molecule has 43 heavy (non-hydrogen) atoms. The molecule has 1 unspecified atom stereocenters. The Balaban J connectivity index is 1.74. The first-order chi connectivity index (χ1) is 20.9. The summed E-state index contributed by atoms with van der Waals surface area (Å²) >= 11 is 0. The van der Waals surface area contributed by atoms with Gasteiger partial charge >= 0.3 is 11.9 Å². The van der Waals surface area contributed by atoms with E-state index in [2.05, 4.69) is 5.32 Å². The van der Waals surface area contributed by atoms with Gasteiger partial charge < -0.3 is 29.0 Å². The number of ether oxygens (including phenoxy) is 5. The number of carbonyl (C=O) groups is 2. The minimum Gasteiger partial charge on any atom is -0.493 e. The summed E-state index contributed by atoms with van der Waals surface area (Å²) in [5.41, 5.74) is 1.21. The number of nitrogens with one attached hydrogen (secondary N) is 1. The molecule has 224 valence electrons. The van der Waals surface area contributed by atoms with Crippen LogP contribution in [0.2, 0.25) is 0 Å². The van der Waals surface area contributed by atoms with Crippen molar-refractivity contribution in [2.75, 3.05) is 53.1 Å². The third kappa shape index (κ3) is 5.59. The van der Waals surface area contributed by atoms with Crippen LogP contribution in [0.3, 0.4) is 0 Å². The molecule has 0 spiro atoms. The number of rotatable bonds is 9. The number of esters is 2. The van der Waals surface area contributed by atoms with Crippen molar-refractivity contribution in [3.05, 3.63) is 88.3 Å². The maximum atomic E-state index is 14.2. The number of methoxy groups -OCH3 is 4. The zero-order valence-electron chi connectivity index (χ0n) is 24.4. The quantitative estimate of drug-likeness (QED) is 0.293. The number of carbonyl (C=O) groups excluding carboxylic acids is 2. The van der Waals surface area contributed by atoms with E-state index < -0.39 is 23.5 Å². The van der Waals surface area contributed by atoms with Gasteiger partial charge in [-0.25, -0.2) is 14.3 Å². The molecule has 0 bridgehead atoms. The van der Waals surface area contributed by atoms with Gasteiger partial charge in [-0.15, -0.1) is 0 Å². The molecule has 1 atom stereocenters. The number of fused-ring (bicyclic) bond motifs is 1. The smallest absolute Gasteiger partial charge is 0.357 e. The molecule has 1 fully saturated rings. The van der Waals surface area contributed by atoms with Crippen molar-refractivity contribution in [1.29, 1.82) is 0 Å². The van der Waals surface area contributed by atoms with Crippen molar-refractivity contribution >= 4 is 22.7 Å². The molecule has 4 aromatic rings. The van der Waals surface area contributed by atoms with E-state index in [9.17, 15) is 14.4 Å². The minimum absolute atomic E-state index is 0.0526. The maximum absolute atomic E-state index is 14.2. The van der Waals surface area contributed by atoms with Crippen molar-refractivity contribution < 1.29 is 33.3 Å². The largest absolute Gasteiger partial charge is 0.493 e. The van der Waals surface area contributed by atoms with Crippen LogP contribution >= 0.6 is 0 Å². The van der Waals surface area contributed by atoms with Crippen LogP contribution in [-0.4, -0.2) is 70.7 Å². The predicted molar refractivity (Wildman–Crippen MR) is 161 cm³/mol. The van der Waals surface area contributed by atoms with E-state index in [1.807, 2.05) is 30.3 Å². The van der Waals surface area contributed by atoms with E-state index in [1.165, 1.54) is 33.1 Å². The lowest BCUT2D eigenvalue weighted by atomic mass is 9.96. The first-order valence-electron chi connectivity index (χ1n) is 13.7. The Bertz CT molecular complexity index is 1680. The second kappa shape index (κ2) is 12.9. The number of piperazine rings is 1. The second-order valence-electron chi connectivity index (χ2n) is 9.77. The molecule has 5 rings (SSSR count). The monoisotopic (exact) mass is 587 g/mol. The summed E-state index contributed by atoms with van der Waals surface area (Å²) in [6.07, 6.45) is 0. The fourth-order valence-electron chi connectivity index (χ4n) is 5.35. The summed E-state index contributed by atoms with van der Waals surface area (Å²) < 4.78 is 28.9. The minimum atomic E-state index is -0.910. The summed E-state index contributed by atoms with van der Waals surface area (Å²) in [4.78, 5) is 41.4. The maximum Gasteiger partial charge on any atom is 0.357 e. The molecule has 2 heterocycles. The van der Waals surface area contributed by atoms with Crippen LogP contribution in [0.25, 0.3) is 21.9 Å². The van der Waals surface area contributed by atoms with Crippen molar-refractivity contribution in [1.82, 2.24) is 9.99 Å². The molecule has 0 amide bonds. The van der Waals surface area contributed by atoms with Crippen molar-refractivity contribution in [3.63, 3.8) is 0 Å². The van der Waals surface area contributed by atoms with Crippen LogP contribution in [0, 0.1) is 0 Å². The van der Waals surface area contributed by atoms with Crippen LogP contribution in [0.1, 0.15) is 16.1 Å². The Kier molecular flexibility index (Phi) is 8.82. The van der Waals surface area contributed by atoms with Crippen molar-refractivity contribution in [2.45, 2.75) is 12.6 Å². The highest BCUT2D eigenvalue weighted by Crippen LogP contribution is 2.43. The standard InChI is InChI=1S/C32H33N3O8/c1-39-25-16-21(17-26(40-2)29(25)41-3)27-22-12-8-9-13-23(22)30(36)35(28(27)32(38)42-4)34-15-14-33-18-24(34)31(37)43-19-20-10-6-5-7-11-20/h5-13,16-17,24,33H,14-15,18-19H2,1-4H3. The average Bonchev–Trinajstić information content (AvgIpc) is 3.06. The highest BCUT2D eigenvalue weighted by Gasteiger charge is 2.36. The van der Waals surface area contributed by atoms with Gasteiger partial charge in [-0.2, -0.15) is 0 Å². The lowest BCUT2D eigenvalue weighted by Gasteiger charge is -2.38. The predicted octanol–water partition coefficient (Wildman–Crippen LogP) is 3.13. The molecule has 3 aromatic carbocycles. The first-order valence-corrected chi connectivity index (χ1v) is 13.7. The van der Waals surface area contributed by atoms with E-state index in [1.54, 1.807) is 41.4 Å². The Hall–Kier alpha value is -5.03. The number of hydrogen-bond acceptors (Lipinski definition) is 10. The fourth-order valence-corrected chi connectivity index (χ4v) is 5.35. The summed E-state index contributed by atoms with van der Waals surface area (Å²) in [5.74, 6) is -0.213. The molecule has 11 nitrogen and oxygen atoms in total. The zero-order valence-corrected chi connectivity index (χ0v) is 24.4. The highest BCUT2D eigenvalue weighted by molar-refractivity contribution is 6.07. The normalized spacial score (nSPS) is 14.7. The van der Waals surface area contributed by atoms with E-state index in [-0.39, 0.29) is 25.4 Å². The van der Waals surface area contributed by atoms with Gasteiger partial charge in [0.25, 0.3) is 5.56 Å². The fraction of sp³-hybridized carbons (Fsp3) is 0.281. The van der Waals surface area contributed by atoms with Gasteiger partial charge in [0, 0.05) is 30.6 Å². The van der Waals surface area contributed by atoms with Crippen LogP contribution in [0.15, 0.2) is 71.5 Å². The third-order valence-corrected chi connectivity index (χ3v) is 7.37. The van der Waals surface area contributed by atoms with E-state index in [4.69, 9.17) is 23.7 Å². The van der Waals surface area contributed by atoms with Crippen LogP contribution in [0.4, 0.5) is 0 Å². The summed E-state index contributed by atoms with van der Waals surface area (Å²) in [6, 6.07) is 18.8. The highest BCUT2D eigenvalue weighted by atomic mass is 16.5. The van der Waals surface area contributed by atoms with Crippen molar-refractivity contribution in [3.8, 4) is 28.4 Å². The lowest BCUT2D eigenvalue weighted by Crippen LogP contribution is -2.63. The van der Waals surface area contributed by atoms with Gasteiger partial charge in [0.1, 0.15) is 6.61 Å². The molecular weight excluding hydrogens is 554 g/mol. The van der Waals surface area contributed by atoms with Crippen LogP contribution in [0.5, 0.6) is 17.2 Å². The van der Waals surface area contributed by atoms with Gasteiger partial charge in [0.15, 0.2) is 23.2 Å². The molecule has 11 heteroatoms. The number of aromatic nitrogens is 1. The molecule has 1 saturated heterocycles. The van der Waals surface area contributed by atoms with Gasteiger partial charge in [0.05, 0.1) is 28.4 Å². The number of benzene rings is 3. The van der Waals surface area contributed by atoms with E-state index in [0.29, 0.717) is 45.7 Å². The third-order valence-electron chi connectivity index (χ3n) is 7.37. The summed E-state index contributed by atoms with van der Waals surface area (Å²) in [5, 5.41) is 5.63. The number of nitrogens with zero attached hydrogens (tertiary/aromatic N) is 2. The van der Waals surface area contributed by atoms with E-state index >= 15 is 0 Å². The molecule has 1 aromatic heterocycles. The van der Waals surface area contributed by atoms with E-state index in [0.717, 1.165) is 5.56 Å². The lowest BCUT2D eigenvalue weighted by molar-refractivity contribution is -0.147.